The number of methoxy groups -OCH3 is 2. The van der Waals surface area contributed by atoms with Gasteiger partial charge in [-0.2, -0.15) is 0 Å². The van der Waals surface area contributed by atoms with Crippen LogP contribution in [0.15, 0.2) is 42.5 Å². The topological polar surface area (TPSA) is 92.1 Å². The van der Waals surface area contributed by atoms with E-state index in [1.54, 1.807) is 26.0 Å². The van der Waals surface area contributed by atoms with Crippen molar-refractivity contribution in [3.8, 4) is 11.5 Å². The van der Waals surface area contributed by atoms with Crippen molar-refractivity contribution in [3.63, 3.8) is 0 Å². The number of amides is 1. The predicted molar refractivity (Wildman–Crippen MR) is 145 cm³/mol. The molecule has 0 radical (unpaired) electrons. The number of imidazole rings is 1. The van der Waals surface area contributed by atoms with E-state index >= 15 is 0 Å². The fourth-order valence-electron chi connectivity index (χ4n) is 4.82. The van der Waals surface area contributed by atoms with Crippen LogP contribution in [-0.4, -0.2) is 62.0 Å². The number of rotatable bonds is 12. The Balaban J connectivity index is 1.85. The van der Waals surface area contributed by atoms with Gasteiger partial charge in [-0.3, -0.25) is 14.5 Å². The number of benzene rings is 2. The van der Waals surface area contributed by atoms with Crippen molar-refractivity contribution < 1.29 is 28.5 Å². The van der Waals surface area contributed by atoms with Crippen molar-refractivity contribution >= 4 is 28.9 Å². The van der Waals surface area contributed by atoms with Crippen LogP contribution in [0, 0.1) is 11.8 Å². The van der Waals surface area contributed by atoms with Crippen LogP contribution in [0.1, 0.15) is 45.2 Å². The van der Waals surface area contributed by atoms with E-state index in [1.165, 1.54) is 0 Å². The molecule has 0 fully saturated rings. The molecule has 4 rings (SSSR count). The number of ether oxygens (including phenoxy) is 4. The number of nitrogens with zero attached hydrogens (tertiary/aromatic N) is 3. The lowest BCUT2D eigenvalue weighted by molar-refractivity contribution is -0.153. The maximum absolute atomic E-state index is 14.0. The molecule has 0 spiro atoms. The molecule has 0 unspecified atom stereocenters. The average molecular weight is 524 g/mol. The first-order valence-corrected chi connectivity index (χ1v) is 13.2. The molecule has 0 saturated heterocycles. The highest BCUT2D eigenvalue weighted by molar-refractivity contribution is 6.08. The number of aromatic nitrogens is 2. The normalized spacial score (nSPS) is 17.1. The smallest absolute Gasteiger partial charge is 0.321 e. The fourth-order valence-corrected chi connectivity index (χ4v) is 4.82. The highest BCUT2D eigenvalue weighted by Crippen LogP contribution is 2.43. The Hall–Kier alpha value is -3.59. The quantitative estimate of drug-likeness (QED) is 0.194. The van der Waals surface area contributed by atoms with Gasteiger partial charge in [-0.25, -0.2) is 4.98 Å². The molecule has 2 aromatic carbocycles. The number of carbonyl (C=O) groups is 2. The molecule has 9 nitrogen and oxygen atoms in total. The van der Waals surface area contributed by atoms with Crippen LogP contribution in [0.4, 0.5) is 5.95 Å². The fraction of sp³-hybridized carbons (Fsp3) is 0.483. The van der Waals surface area contributed by atoms with E-state index in [-0.39, 0.29) is 12.5 Å². The molecule has 9 heteroatoms. The molecule has 1 amide bonds. The van der Waals surface area contributed by atoms with E-state index in [1.807, 2.05) is 47.0 Å². The minimum absolute atomic E-state index is 0.169. The van der Waals surface area contributed by atoms with Crippen LogP contribution in [0.2, 0.25) is 0 Å². The van der Waals surface area contributed by atoms with Crippen LogP contribution < -0.4 is 14.4 Å². The first-order valence-electron chi connectivity index (χ1n) is 13.2. The lowest BCUT2D eigenvalue weighted by Crippen LogP contribution is -2.50. The molecule has 2 atom stereocenters. The molecular formula is C29H37N3O6. The average Bonchev–Trinajstić information content (AvgIpc) is 3.28. The summed E-state index contributed by atoms with van der Waals surface area (Å²) < 4.78 is 24.3. The van der Waals surface area contributed by atoms with Gasteiger partial charge in [0, 0.05) is 20.3 Å². The molecule has 2 heterocycles. The Bertz CT molecular complexity index is 1270. The maximum Gasteiger partial charge on any atom is 0.321 e. The SMILES string of the molecule is CCOC(=O)[C@@H]1C(=O)N(CCCOC)c2nc3ccccc3n2[C@H]1c1ccc(OCCC(C)C)c(OC)c1. The number of anilines is 1. The number of fused-ring (bicyclic) bond motifs is 3. The zero-order valence-electron chi connectivity index (χ0n) is 22.8. The van der Waals surface area contributed by atoms with Crippen molar-refractivity contribution in [1.29, 1.82) is 0 Å². The summed E-state index contributed by atoms with van der Waals surface area (Å²) in [5.41, 5.74) is 2.29. The van der Waals surface area contributed by atoms with Gasteiger partial charge >= 0.3 is 5.97 Å². The van der Waals surface area contributed by atoms with Gasteiger partial charge in [-0.05, 0) is 55.5 Å². The third-order valence-corrected chi connectivity index (χ3v) is 6.70. The van der Waals surface area contributed by atoms with Crippen molar-refractivity contribution in [2.75, 3.05) is 45.5 Å². The highest BCUT2D eigenvalue weighted by atomic mass is 16.5. The largest absolute Gasteiger partial charge is 0.493 e. The first-order chi connectivity index (χ1) is 18.4. The summed E-state index contributed by atoms with van der Waals surface area (Å²) in [6.07, 6.45) is 1.51. The van der Waals surface area contributed by atoms with E-state index in [4.69, 9.17) is 23.9 Å². The summed E-state index contributed by atoms with van der Waals surface area (Å²) >= 11 is 0. The Morgan fingerprint density at radius 2 is 1.87 bits per heavy atom. The molecule has 0 N–H and O–H groups in total. The number of esters is 1. The van der Waals surface area contributed by atoms with Crippen LogP contribution in [0.3, 0.4) is 0 Å². The van der Waals surface area contributed by atoms with Crippen LogP contribution in [-0.2, 0) is 19.1 Å². The standard InChI is InChI=1S/C29H37N3O6/c1-6-37-28(34)25-26(20-12-13-23(24(18-20)36-5)38-17-14-19(2)3)32-22-11-8-7-10-21(22)30-29(32)31(27(25)33)15-9-16-35-4/h7-8,10-13,18-19,25-26H,6,9,14-17H2,1-5H3/t25-,26-/m0/s1. The Kier molecular flexibility index (Phi) is 8.89. The van der Waals surface area contributed by atoms with Crippen LogP contribution >= 0.6 is 0 Å². The van der Waals surface area contributed by atoms with Gasteiger partial charge in [0.15, 0.2) is 17.4 Å². The Labute approximate surface area is 223 Å². The van der Waals surface area contributed by atoms with Gasteiger partial charge in [0.05, 0.1) is 37.4 Å². The minimum Gasteiger partial charge on any atom is -0.493 e. The predicted octanol–water partition coefficient (Wildman–Crippen LogP) is 4.62. The highest BCUT2D eigenvalue weighted by Gasteiger charge is 2.47. The monoisotopic (exact) mass is 523 g/mol. The maximum atomic E-state index is 14.0. The van der Waals surface area contributed by atoms with Gasteiger partial charge in [-0.1, -0.05) is 32.0 Å². The molecule has 3 aromatic rings. The van der Waals surface area contributed by atoms with E-state index in [0.717, 1.165) is 23.0 Å². The van der Waals surface area contributed by atoms with Gasteiger partial charge in [0.1, 0.15) is 0 Å². The van der Waals surface area contributed by atoms with Crippen molar-refractivity contribution in [3.05, 3.63) is 48.0 Å². The summed E-state index contributed by atoms with van der Waals surface area (Å²) in [7, 11) is 3.20. The van der Waals surface area contributed by atoms with E-state index in [2.05, 4.69) is 13.8 Å². The Morgan fingerprint density at radius 1 is 1.08 bits per heavy atom. The number of carbonyl (C=O) groups excluding carboxylic acids is 2. The second-order valence-corrected chi connectivity index (χ2v) is 9.72. The minimum atomic E-state index is -1.10. The second-order valence-electron chi connectivity index (χ2n) is 9.72. The van der Waals surface area contributed by atoms with E-state index in [0.29, 0.717) is 49.5 Å². The zero-order valence-corrected chi connectivity index (χ0v) is 22.8. The summed E-state index contributed by atoms with van der Waals surface area (Å²) in [6, 6.07) is 12.6. The van der Waals surface area contributed by atoms with Crippen molar-refractivity contribution in [2.45, 2.75) is 39.7 Å². The van der Waals surface area contributed by atoms with Gasteiger partial charge in [0.2, 0.25) is 11.9 Å². The molecule has 1 aromatic heterocycles. The van der Waals surface area contributed by atoms with Crippen LogP contribution in [0.5, 0.6) is 11.5 Å². The summed E-state index contributed by atoms with van der Waals surface area (Å²) in [5.74, 6) is 0.147. The van der Waals surface area contributed by atoms with Gasteiger partial charge in [-0.15, -0.1) is 0 Å². The molecule has 0 bridgehead atoms. The molecule has 204 valence electrons. The van der Waals surface area contributed by atoms with Crippen molar-refractivity contribution in [2.24, 2.45) is 11.8 Å². The van der Waals surface area contributed by atoms with E-state index in [9.17, 15) is 9.59 Å². The molecular weight excluding hydrogens is 486 g/mol. The molecule has 0 aliphatic carbocycles. The summed E-state index contributed by atoms with van der Waals surface area (Å²) in [4.78, 5) is 33.7. The molecule has 38 heavy (non-hydrogen) atoms. The molecule has 1 aliphatic heterocycles. The molecule has 0 saturated carbocycles. The summed E-state index contributed by atoms with van der Waals surface area (Å²) in [5, 5.41) is 0. The number of para-hydroxylation sites is 2. The van der Waals surface area contributed by atoms with Gasteiger partial charge < -0.3 is 23.5 Å². The number of hydrogen-bond donors (Lipinski definition) is 0. The Morgan fingerprint density at radius 3 is 2.58 bits per heavy atom. The lowest BCUT2D eigenvalue weighted by atomic mass is 9.89. The first kappa shape index (κ1) is 27.4. The van der Waals surface area contributed by atoms with Gasteiger partial charge in [0.25, 0.3) is 0 Å². The second kappa shape index (κ2) is 12.3. The lowest BCUT2D eigenvalue weighted by Gasteiger charge is -2.38. The molecule has 1 aliphatic rings. The third kappa shape index (κ3) is 5.48. The number of hydrogen-bond acceptors (Lipinski definition) is 7. The van der Waals surface area contributed by atoms with Crippen LogP contribution in [0.25, 0.3) is 11.0 Å². The summed E-state index contributed by atoms with van der Waals surface area (Å²) in [6.45, 7) is 7.60. The third-order valence-electron chi connectivity index (χ3n) is 6.70. The van der Waals surface area contributed by atoms with E-state index < -0.39 is 17.9 Å². The zero-order chi connectivity index (χ0) is 27.2. The van der Waals surface area contributed by atoms with Crippen molar-refractivity contribution in [1.82, 2.24) is 9.55 Å².